The third-order valence-corrected chi connectivity index (χ3v) is 4.03. The summed E-state index contributed by atoms with van der Waals surface area (Å²) >= 11 is 0. The minimum atomic E-state index is -0.204. The van der Waals surface area contributed by atoms with Gasteiger partial charge in [0.1, 0.15) is 5.82 Å². The smallest absolute Gasteiger partial charge is 0.123 e. The maximum Gasteiger partial charge on any atom is 0.123 e. The van der Waals surface area contributed by atoms with E-state index in [1.165, 1.54) is 17.0 Å². The summed E-state index contributed by atoms with van der Waals surface area (Å²) in [7, 11) is 0. The fraction of sp³-hybridized carbons (Fsp3) is 0.300. The quantitative estimate of drug-likeness (QED) is 0.631. The van der Waals surface area contributed by atoms with Gasteiger partial charge in [-0.25, -0.2) is 4.39 Å². The Morgan fingerprint density at radius 3 is 2.70 bits per heavy atom. The van der Waals surface area contributed by atoms with Gasteiger partial charge >= 0.3 is 0 Å². The number of nitrogens with one attached hydrogen (secondary N) is 2. The molecule has 0 radical (unpaired) electrons. The SMILES string of the molecule is CC(C)CNCCc1c(-c2cccc(F)c2)[nH]c2ccccc12. The van der Waals surface area contributed by atoms with Crippen LogP contribution < -0.4 is 5.32 Å². The van der Waals surface area contributed by atoms with Gasteiger partial charge in [0.25, 0.3) is 0 Å². The molecule has 0 aliphatic carbocycles. The topological polar surface area (TPSA) is 27.8 Å². The Morgan fingerprint density at radius 2 is 1.91 bits per heavy atom. The lowest BCUT2D eigenvalue weighted by molar-refractivity contribution is 0.555. The van der Waals surface area contributed by atoms with Crippen molar-refractivity contribution in [1.29, 1.82) is 0 Å². The summed E-state index contributed by atoms with van der Waals surface area (Å²) in [5.41, 5.74) is 4.28. The van der Waals surface area contributed by atoms with E-state index in [1.54, 1.807) is 12.1 Å². The molecule has 0 aliphatic heterocycles. The first kappa shape index (κ1) is 15.8. The molecule has 0 spiro atoms. The molecule has 1 aromatic heterocycles. The van der Waals surface area contributed by atoms with E-state index in [0.717, 1.165) is 36.3 Å². The van der Waals surface area contributed by atoms with E-state index in [-0.39, 0.29) is 5.82 Å². The molecule has 2 nitrogen and oxygen atoms in total. The molecule has 120 valence electrons. The van der Waals surface area contributed by atoms with Crippen LogP contribution in [0.4, 0.5) is 4.39 Å². The first-order chi connectivity index (χ1) is 11.1. The van der Waals surface area contributed by atoms with Crippen LogP contribution in [0.3, 0.4) is 0 Å². The van der Waals surface area contributed by atoms with Gasteiger partial charge in [-0.15, -0.1) is 0 Å². The summed E-state index contributed by atoms with van der Waals surface area (Å²) in [5.74, 6) is 0.436. The number of aromatic amines is 1. The van der Waals surface area contributed by atoms with Gasteiger partial charge in [-0.05, 0) is 49.2 Å². The number of rotatable bonds is 6. The van der Waals surface area contributed by atoms with Gasteiger partial charge in [-0.3, -0.25) is 0 Å². The second-order valence-electron chi connectivity index (χ2n) is 6.38. The number of halogens is 1. The minimum Gasteiger partial charge on any atom is -0.354 e. The van der Waals surface area contributed by atoms with E-state index in [0.29, 0.717) is 5.92 Å². The molecule has 0 amide bonds. The lowest BCUT2D eigenvalue weighted by atomic mass is 10.0. The van der Waals surface area contributed by atoms with Crippen molar-refractivity contribution in [3.63, 3.8) is 0 Å². The highest BCUT2D eigenvalue weighted by atomic mass is 19.1. The molecule has 23 heavy (non-hydrogen) atoms. The van der Waals surface area contributed by atoms with Crippen LogP contribution in [-0.2, 0) is 6.42 Å². The highest BCUT2D eigenvalue weighted by Crippen LogP contribution is 2.30. The average Bonchev–Trinajstić information content (AvgIpc) is 2.90. The number of aromatic nitrogens is 1. The molecule has 0 bridgehead atoms. The molecule has 0 saturated carbocycles. The van der Waals surface area contributed by atoms with E-state index in [2.05, 4.69) is 42.3 Å². The van der Waals surface area contributed by atoms with Gasteiger partial charge in [-0.2, -0.15) is 0 Å². The molecule has 0 fully saturated rings. The van der Waals surface area contributed by atoms with E-state index >= 15 is 0 Å². The van der Waals surface area contributed by atoms with Crippen LogP contribution >= 0.6 is 0 Å². The first-order valence-corrected chi connectivity index (χ1v) is 8.21. The lowest BCUT2D eigenvalue weighted by Crippen LogP contribution is -2.22. The number of para-hydroxylation sites is 1. The number of hydrogen-bond acceptors (Lipinski definition) is 1. The van der Waals surface area contributed by atoms with Crippen LogP contribution in [0, 0.1) is 11.7 Å². The van der Waals surface area contributed by atoms with Crippen LogP contribution in [0.2, 0.25) is 0 Å². The van der Waals surface area contributed by atoms with Crippen LogP contribution in [0.15, 0.2) is 48.5 Å². The van der Waals surface area contributed by atoms with Crippen molar-refractivity contribution >= 4 is 10.9 Å². The highest BCUT2D eigenvalue weighted by Gasteiger charge is 2.13. The Kier molecular flexibility index (Phi) is 4.77. The minimum absolute atomic E-state index is 0.204. The monoisotopic (exact) mass is 310 g/mol. The summed E-state index contributed by atoms with van der Waals surface area (Å²) in [6, 6.07) is 15.1. The number of H-pyrrole nitrogens is 1. The normalized spacial score (nSPS) is 11.5. The molecule has 3 rings (SSSR count). The van der Waals surface area contributed by atoms with Gasteiger partial charge in [0.05, 0.1) is 0 Å². The van der Waals surface area contributed by atoms with Crippen molar-refractivity contribution in [2.75, 3.05) is 13.1 Å². The largest absolute Gasteiger partial charge is 0.354 e. The molecule has 3 aromatic rings. The van der Waals surface area contributed by atoms with Crippen LogP contribution in [0.25, 0.3) is 22.2 Å². The van der Waals surface area contributed by atoms with Gasteiger partial charge in [0.2, 0.25) is 0 Å². The van der Waals surface area contributed by atoms with Crippen molar-refractivity contribution in [2.24, 2.45) is 5.92 Å². The Balaban J connectivity index is 1.95. The van der Waals surface area contributed by atoms with Crippen LogP contribution in [0.1, 0.15) is 19.4 Å². The highest BCUT2D eigenvalue weighted by molar-refractivity contribution is 5.90. The average molecular weight is 310 g/mol. The first-order valence-electron chi connectivity index (χ1n) is 8.21. The third kappa shape index (κ3) is 3.62. The van der Waals surface area contributed by atoms with Crippen LogP contribution in [-0.4, -0.2) is 18.1 Å². The predicted molar refractivity (Wildman–Crippen MR) is 95.1 cm³/mol. The van der Waals surface area contributed by atoms with E-state index in [9.17, 15) is 4.39 Å². The second kappa shape index (κ2) is 6.97. The second-order valence-corrected chi connectivity index (χ2v) is 6.38. The van der Waals surface area contributed by atoms with E-state index in [1.807, 2.05) is 12.1 Å². The maximum absolute atomic E-state index is 13.6. The molecule has 0 unspecified atom stereocenters. The summed E-state index contributed by atoms with van der Waals surface area (Å²) < 4.78 is 13.6. The Bertz CT molecular complexity index is 789. The zero-order valence-electron chi connectivity index (χ0n) is 13.7. The van der Waals surface area contributed by atoms with Crippen LogP contribution in [0.5, 0.6) is 0 Å². The van der Waals surface area contributed by atoms with Crippen molar-refractivity contribution in [3.05, 3.63) is 59.9 Å². The molecule has 2 aromatic carbocycles. The molecule has 0 atom stereocenters. The third-order valence-electron chi connectivity index (χ3n) is 4.03. The summed E-state index contributed by atoms with van der Waals surface area (Å²) in [6.07, 6.45) is 0.919. The lowest BCUT2D eigenvalue weighted by Gasteiger charge is -2.09. The number of fused-ring (bicyclic) bond motifs is 1. The maximum atomic E-state index is 13.6. The Hall–Kier alpha value is -2.13. The predicted octanol–water partition coefficient (Wildman–Crippen LogP) is 4.76. The molecule has 2 N–H and O–H groups in total. The van der Waals surface area contributed by atoms with E-state index < -0.39 is 0 Å². The van der Waals surface area contributed by atoms with Gasteiger partial charge in [0, 0.05) is 22.2 Å². The van der Waals surface area contributed by atoms with Gasteiger partial charge in [0.15, 0.2) is 0 Å². The van der Waals surface area contributed by atoms with Crippen molar-refractivity contribution in [2.45, 2.75) is 20.3 Å². The zero-order valence-corrected chi connectivity index (χ0v) is 13.7. The Labute approximate surface area is 136 Å². The molecule has 3 heteroatoms. The van der Waals surface area contributed by atoms with Gasteiger partial charge in [-0.1, -0.05) is 44.2 Å². The fourth-order valence-electron chi connectivity index (χ4n) is 2.95. The summed E-state index contributed by atoms with van der Waals surface area (Å²) in [5, 5.41) is 4.71. The Morgan fingerprint density at radius 1 is 1.09 bits per heavy atom. The summed E-state index contributed by atoms with van der Waals surface area (Å²) in [6.45, 7) is 6.34. The standard InChI is InChI=1S/C20H23FN2/c1-14(2)13-22-11-10-18-17-8-3-4-9-19(17)23-20(18)15-6-5-7-16(21)12-15/h3-9,12,14,22-23H,10-11,13H2,1-2H3. The molecule has 0 saturated heterocycles. The van der Waals surface area contributed by atoms with Crippen molar-refractivity contribution in [3.8, 4) is 11.3 Å². The molecular formula is C20H23FN2. The molecule has 1 heterocycles. The fourth-order valence-corrected chi connectivity index (χ4v) is 2.95. The van der Waals surface area contributed by atoms with Crippen molar-refractivity contribution < 1.29 is 4.39 Å². The molecule has 0 aliphatic rings. The van der Waals surface area contributed by atoms with Gasteiger partial charge < -0.3 is 10.3 Å². The summed E-state index contributed by atoms with van der Waals surface area (Å²) in [4.78, 5) is 3.46. The van der Waals surface area contributed by atoms with Crippen molar-refractivity contribution in [1.82, 2.24) is 10.3 Å². The molecular weight excluding hydrogens is 287 g/mol. The number of benzene rings is 2. The number of hydrogen-bond donors (Lipinski definition) is 2. The zero-order chi connectivity index (χ0) is 16.2. The van der Waals surface area contributed by atoms with E-state index in [4.69, 9.17) is 0 Å².